The third-order valence-corrected chi connectivity index (χ3v) is 10.1. The minimum absolute atomic E-state index is 0.199. The predicted octanol–water partition coefficient (Wildman–Crippen LogP) is -1.01. The Morgan fingerprint density at radius 2 is 1.33 bits per heavy atom. The van der Waals surface area contributed by atoms with Crippen LogP contribution in [0, 0.1) is 11.8 Å². The van der Waals surface area contributed by atoms with E-state index in [4.69, 9.17) is 37.9 Å². The van der Waals surface area contributed by atoms with E-state index >= 15 is 0 Å². The Bertz CT molecular complexity index is 1560. The summed E-state index contributed by atoms with van der Waals surface area (Å²) in [4.78, 5) is 26.3. The van der Waals surface area contributed by atoms with Gasteiger partial charge in [-0.05, 0) is 37.3 Å². The Kier molecular flexibility index (Phi) is 10.2. The summed E-state index contributed by atoms with van der Waals surface area (Å²) < 4.78 is 47.2. The van der Waals surface area contributed by atoms with Crippen LogP contribution in [0.5, 0.6) is 0 Å². The van der Waals surface area contributed by atoms with Gasteiger partial charge in [0, 0.05) is 5.92 Å². The lowest BCUT2D eigenvalue weighted by atomic mass is 9.85. The SMILES string of the molecule is C[C@@H]1O[C@@H](O[C@H]2C3C=CO[C@@H](O[C@@H]4O[C@H](CO)[C@@H](O)[C@H](O)[C@H]4O)C3[C@@]3(CO)O[C@@H]23)[C@@H](O)[C@H](OC(=O)c2ccccc2)[C@H]1OC(=O)c1ccccc1. The van der Waals surface area contributed by atoms with Crippen LogP contribution < -0.4 is 0 Å². The molecule has 0 bridgehead atoms. The highest BCUT2D eigenvalue weighted by Gasteiger charge is 2.77. The van der Waals surface area contributed by atoms with Gasteiger partial charge in [0.25, 0.3) is 0 Å². The number of esters is 2. The molecule has 16 atom stereocenters. The molecule has 16 nitrogen and oxygen atoms in total. The van der Waals surface area contributed by atoms with Crippen LogP contribution >= 0.6 is 0 Å². The van der Waals surface area contributed by atoms with E-state index in [0.29, 0.717) is 0 Å². The molecule has 1 aliphatic carbocycles. The fourth-order valence-corrected chi connectivity index (χ4v) is 7.39. The first-order valence-corrected chi connectivity index (χ1v) is 16.7. The molecule has 6 N–H and O–H groups in total. The van der Waals surface area contributed by atoms with Gasteiger partial charge in [0.2, 0.25) is 6.29 Å². The number of fused-ring (bicyclic) bond motifs is 3. The van der Waals surface area contributed by atoms with Gasteiger partial charge in [-0.15, -0.1) is 0 Å². The lowest BCUT2D eigenvalue weighted by molar-refractivity contribution is -0.346. The van der Waals surface area contributed by atoms with Crippen LogP contribution in [0.25, 0.3) is 0 Å². The second-order valence-corrected chi connectivity index (χ2v) is 13.2. The van der Waals surface area contributed by atoms with Crippen LogP contribution in [0.3, 0.4) is 0 Å². The third-order valence-electron chi connectivity index (χ3n) is 10.1. The molecule has 5 aliphatic rings. The largest absolute Gasteiger partial charge is 0.472 e. The van der Waals surface area contributed by atoms with Crippen LogP contribution in [0.15, 0.2) is 73.0 Å². The summed E-state index contributed by atoms with van der Waals surface area (Å²) in [5, 5.41) is 62.8. The molecule has 3 saturated heterocycles. The average Bonchev–Trinajstić information content (AvgIpc) is 3.83. The van der Waals surface area contributed by atoms with Crippen LogP contribution in [0.4, 0.5) is 0 Å². The van der Waals surface area contributed by atoms with Crippen molar-refractivity contribution in [2.45, 2.75) is 92.4 Å². The van der Waals surface area contributed by atoms with Crippen molar-refractivity contribution in [1.82, 2.24) is 0 Å². The molecular weight excluding hydrogens is 676 g/mol. The molecule has 7 rings (SSSR count). The van der Waals surface area contributed by atoms with Gasteiger partial charge in [0.05, 0.1) is 48.7 Å². The molecule has 0 spiro atoms. The van der Waals surface area contributed by atoms with Gasteiger partial charge in [-0.25, -0.2) is 9.59 Å². The molecule has 2 unspecified atom stereocenters. The van der Waals surface area contributed by atoms with E-state index in [1.165, 1.54) is 18.4 Å². The van der Waals surface area contributed by atoms with Gasteiger partial charge >= 0.3 is 11.9 Å². The monoisotopic (exact) mass is 716 g/mol. The summed E-state index contributed by atoms with van der Waals surface area (Å²) in [5.74, 6) is -2.87. The van der Waals surface area contributed by atoms with Gasteiger partial charge in [0.1, 0.15) is 42.2 Å². The molecule has 2 aromatic carbocycles. The van der Waals surface area contributed by atoms with Gasteiger partial charge < -0.3 is 68.5 Å². The number of benzene rings is 2. The highest BCUT2D eigenvalue weighted by molar-refractivity contribution is 5.90. The standard InChI is InChI=1S/C35H40O16/c1-16-26(47-30(42)17-8-4-2-5-9-17)28(48-31(43)18-10-6-3-7-11-18)25(41)34(45-16)49-27-19-12-13-44-32(21(19)35(15-37)29(27)51-35)50-33-24(40)23(39)22(38)20(14-36)46-33/h2-13,16,19-29,32-34,36-41H,14-15H2,1H3/t16-,19?,20+,21?,22+,23-,24+,25-,26-,27-,28-,29-,32-,33-,34-,35+/m0/s1. The molecule has 0 aromatic heterocycles. The number of carbonyl (C=O) groups is 2. The normalized spacial score (nSPS) is 42.6. The molecule has 4 heterocycles. The molecule has 4 fully saturated rings. The minimum Gasteiger partial charge on any atom is -0.472 e. The Balaban J connectivity index is 1.11. The summed E-state index contributed by atoms with van der Waals surface area (Å²) in [5.41, 5.74) is -0.817. The Morgan fingerprint density at radius 3 is 1.94 bits per heavy atom. The number of ether oxygens (including phenoxy) is 8. The fourth-order valence-electron chi connectivity index (χ4n) is 7.39. The van der Waals surface area contributed by atoms with E-state index in [-0.39, 0.29) is 11.1 Å². The van der Waals surface area contributed by atoms with Crippen molar-refractivity contribution in [1.29, 1.82) is 0 Å². The summed E-state index contributed by atoms with van der Waals surface area (Å²) >= 11 is 0. The number of aliphatic hydroxyl groups excluding tert-OH is 6. The highest BCUT2D eigenvalue weighted by Crippen LogP contribution is 2.61. The zero-order valence-corrected chi connectivity index (χ0v) is 27.3. The lowest BCUT2D eigenvalue weighted by Crippen LogP contribution is -2.61. The summed E-state index contributed by atoms with van der Waals surface area (Å²) in [6.07, 6.45) is -14.4. The zero-order chi connectivity index (χ0) is 36.0. The second kappa shape index (κ2) is 14.5. The van der Waals surface area contributed by atoms with E-state index < -0.39 is 122 Å². The molecule has 0 radical (unpaired) electrons. The van der Waals surface area contributed by atoms with E-state index in [2.05, 4.69) is 0 Å². The Labute approximate surface area is 291 Å². The smallest absolute Gasteiger partial charge is 0.338 e. The minimum atomic E-state index is -1.71. The molecule has 276 valence electrons. The summed E-state index contributed by atoms with van der Waals surface area (Å²) in [6.45, 7) is 0.417. The number of aliphatic hydroxyl groups is 6. The third kappa shape index (κ3) is 6.55. The molecule has 4 aliphatic heterocycles. The van der Waals surface area contributed by atoms with Crippen LogP contribution in [-0.4, -0.2) is 141 Å². The van der Waals surface area contributed by atoms with Crippen molar-refractivity contribution in [3.8, 4) is 0 Å². The first-order chi connectivity index (χ1) is 24.6. The first-order valence-electron chi connectivity index (χ1n) is 16.7. The molecule has 51 heavy (non-hydrogen) atoms. The van der Waals surface area contributed by atoms with Crippen molar-refractivity contribution in [2.24, 2.45) is 11.8 Å². The van der Waals surface area contributed by atoms with Crippen molar-refractivity contribution in [2.75, 3.05) is 13.2 Å². The van der Waals surface area contributed by atoms with Crippen molar-refractivity contribution in [3.05, 3.63) is 84.1 Å². The summed E-state index contributed by atoms with van der Waals surface area (Å²) in [7, 11) is 0. The maximum atomic E-state index is 13.2. The highest BCUT2D eigenvalue weighted by atomic mass is 16.8. The van der Waals surface area contributed by atoms with Gasteiger partial charge in [0.15, 0.2) is 24.8 Å². The number of hydrogen-bond acceptors (Lipinski definition) is 16. The topological polar surface area (TPSA) is 233 Å². The summed E-state index contributed by atoms with van der Waals surface area (Å²) in [6, 6.07) is 16.3. The Hall–Kier alpha value is -3.52. The van der Waals surface area contributed by atoms with Gasteiger partial charge in [-0.3, -0.25) is 0 Å². The van der Waals surface area contributed by atoms with Gasteiger partial charge in [-0.1, -0.05) is 36.4 Å². The molecule has 16 heteroatoms. The molecule has 2 aromatic rings. The predicted molar refractivity (Wildman–Crippen MR) is 167 cm³/mol. The van der Waals surface area contributed by atoms with Crippen LogP contribution in [0.1, 0.15) is 27.6 Å². The average molecular weight is 717 g/mol. The number of carbonyl (C=O) groups excluding carboxylic acids is 2. The van der Waals surface area contributed by atoms with Crippen LogP contribution in [0.2, 0.25) is 0 Å². The van der Waals surface area contributed by atoms with E-state index in [1.54, 1.807) is 61.5 Å². The first kappa shape index (κ1) is 35.9. The maximum absolute atomic E-state index is 13.2. The number of epoxide rings is 1. The number of hydrogen-bond donors (Lipinski definition) is 6. The van der Waals surface area contributed by atoms with Gasteiger partial charge in [-0.2, -0.15) is 0 Å². The zero-order valence-electron chi connectivity index (χ0n) is 27.3. The van der Waals surface area contributed by atoms with Crippen molar-refractivity contribution >= 4 is 11.9 Å². The molecule has 1 saturated carbocycles. The van der Waals surface area contributed by atoms with Crippen LogP contribution in [-0.2, 0) is 37.9 Å². The van der Waals surface area contributed by atoms with E-state index in [1.807, 2.05) is 0 Å². The van der Waals surface area contributed by atoms with Crippen molar-refractivity contribution < 1.29 is 78.1 Å². The fraction of sp³-hybridized carbons (Fsp3) is 0.543. The Morgan fingerprint density at radius 1 is 0.725 bits per heavy atom. The quantitative estimate of drug-likeness (QED) is 0.128. The number of rotatable bonds is 10. The van der Waals surface area contributed by atoms with E-state index in [0.717, 1.165) is 0 Å². The van der Waals surface area contributed by atoms with E-state index in [9.17, 15) is 40.2 Å². The maximum Gasteiger partial charge on any atom is 0.338 e. The molecule has 0 amide bonds. The second-order valence-electron chi connectivity index (χ2n) is 13.2. The molecular formula is C35H40O16. The lowest BCUT2D eigenvalue weighted by Gasteiger charge is -2.44. The van der Waals surface area contributed by atoms with Crippen molar-refractivity contribution in [3.63, 3.8) is 0 Å².